The molecule has 4 atom stereocenters. The van der Waals surface area contributed by atoms with Gasteiger partial charge in [-0.2, -0.15) is 5.06 Å². The number of nitrogens with one attached hydrogen (secondary N) is 1. The molecule has 1 N–H and O–H groups in total. The van der Waals surface area contributed by atoms with Gasteiger partial charge in [-0.15, -0.1) is 0 Å². The van der Waals surface area contributed by atoms with Crippen molar-refractivity contribution in [2.75, 3.05) is 6.54 Å². The first-order valence-corrected chi connectivity index (χ1v) is 10.2. The summed E-state index contributed by atoms with van der Waals surface area (Å²) in [5.74, 6) is 6.13. The Morgan fingerprint density at radius 3 is 2.48 bits per heavy atom. The first kappa shape index (κ1) is 18.7. The maximum atomic E-state index is 12.4. The maximum absolute atomic E-state index is 12.4. The van der Waals surface area contributed by atoms with E-state index in [1.165, 1.54) is 0 Å². The molecule has 3 aliphatic heterocycles. The molecule has 0 amide bonds. The van der Waals surface area contributed by atoms with Crippen molar-refractivity contribution < 1.29 is 14.4 Å². The van der Waals surface area contributed by atoms with E-state index >= 15 is 0 Å². The van der Waals surface area contributed by atoms with Gasteiger partial charge >= 0.3 is 5.97 Å². The lowest BCUT2D eigenvalue weighted by atomic mass is 9.83. The molecule has 3 saturated heterocycles. The van der Waals surface area contributed by atoms with Gasteiger partial charge < -0.3 is 4.74 Å². The average Bonchev–Trinajstić information content (AvgIpc) is 3.21. The summed E-state index contributed by atoms with van der Waals surface area (Å²) in [7, 11) is 0. The van der Waals surface area contributed by atoms with Gasteiger partial charge in [-0.25, -0.2) is 0 Å². The number of halogens is 1. The monoisotopic (exact) mass is 408 g/mol. The van der Waals surface area contributed by atoms with Crippen LogP contribution < -0.4 is 5.32 Å². The molecule has 29 heavy (non-hydrogen) atoms. The number of nitrogens with zero attached hydrogens (tertiary/aromatic N) is 1. The molecule has 4 unspecified atom stereocenters. The quantitative estimate of drug-likeness (QED) is 0.611. The van der Waals surface area contributed by atoms with Gasteiger partial charge in [-0.3, -0.25) is 14.9 Å². The highest BCUT2D eigenvalue weighted by molar-refractivity contribution is 6.30. The number of hydroxylamine groups is 2. The SMILES string of the molecule is CC12NCCC3OC(=O)C(C31)N(Cc1ccc(C#Cc3ccc(Cl)cc3)cc1)O2. The van der Waals surface area contributed by atoms with Crippen LogP contribution in [0.3, 0.4) is 0 Å². The molecule has 0 spiro atoms. The van der Waals surface area contributed by atoms with Crippen molar-refractivity contribution in [2.24, 2.45) is 5.92 Å². The van der Waals surface area contributed by atoms with Crippen LogP contribution in [0.4, 0.5) is 0 Å². The Morgan fingerprint density at radius 2 is 1.79 bits per heavy atom. The van der Waals surface area contributed by atoms with E-state index in [2.05, 4.69) is 17.2 Å². The van der Waals surface area contributed by atoms with Crippen molar-refractivity contribution in [3.63, 3.8) is 0 Å². The zero-order valence-corrected chi connectivity index (χ0v) is 16.8. The lowest BCUT2D eigenvalue weighted by Gasteiger charge is -2.37. The smallest absolute Gasteiger partial charge is 0.326 e. The summed E-state index contributed by atoms with van der Waals surface area (Å²) in [6.07, 6.45) is 0.773. The Labute approximate surface area is 174 Å². The fourth-order valence-electron chi connectivity index (χ4n) is 4.49. The molecular weight excluding hydrogens is 388 g/mol. The van der Waals surface area contributed by atoms with Crippen LogP contribution in [-0.4, -0.2) is 35.4 Å². The second-order valence-corrected chi connectivity index (χ2v) is 8.33. The minimum Gasteiger partial charge on any atom is -0.461 e. The van der Waals surface area contributed by atoms with Gasteiger partial charge in [0, 0.05) is 22.7 Å². The van der Waals surface area contributed by atoms with Crippen LogP contribution in [0, 0.1) is 17.8 Å². The number of carbonyl (C=O) groups is 1. The number of hydrogen-bond donors (Lipinski definition) is 1. The second-order valence-electron chi connectivity index (χ2n) is 7.89. The topological polar surface area (TPSA) is 50.8 Å². The molecule has 3 fully saturated rings. The van der Waals surface area contributed by atoms with Crippen LogP contribution in [0.2, 0.25) is 5.02 Å². The fourth-order valence-corrected chi connectivity index (χ4v) is 4.61. The van der Waals surface area contributed by atoms with E-state index in [-0.39, 0.29) is 24.0 Å². The van der Waals surface area contributed by atoms with Crippen LogP contribution in [0.5, 0.6) is 0 Å². The van der Waals surface area contributed by atoms with Gasteiger partial charge in [0.2, 0.25) is 0 Å². The summed E-state index contributed by atoms with van der Waals surface area (Å²) >= 11 is 5.90. The number of benzene rings is 2. The molecule has 5 nitrogen and oxygen atoms in total. The summed E-state index contributed by atoms with van der Waals surface area (Å²) in [5, 5.41) is 5.89. The Bertz CT molecular complexity index is 996. The largest absolute Gasteiger partial charge is 0.461 e. The van der Waals surface area contributed by atoms with E-state index in [9.17, 15) is 4.79 Å². The van der Waals surface area contributed by atoms with E-state index in [0.717, 1.165) is 29.7 Å². The molecule has 6 heteroatoms. The number of esters is 1. The zero-order valence-electron chi connectivity index (χ0n) is 16.0. The summed E-state index contributed by atoms with van der Waals surface area (Å²) in [6, 6.07) is 15.1. The van der Waals surface area contributed by atoms with E-state index in [0.29, 0.717) is 11.6 Å². The lowest BCUT2D eigenvalue weighted by Crippen LogP contribution is -2.56. The predicted molar refractivity (Wildman–Crippen MR) is 109 cm³/mol. The van der Waals surface area contributed by atoms with Crippen molar-refractivity contribution in [3.8, 4) is 11.8 Å². The van der Waals surface area contributed by atoms with Gasteiger partial charge in [-0.1, -0.05) is 35.6 Å². The predicted octanol–water partition coefficient (Wildman–Crippen LogP) is 3.11. The average molecular weight is 409 g/mol. The third kappa shape index (κ3) is 3.43. The molecule has 2 aromatic rings. The lowest BCUT2D eigenvalue weighted by molar-refractivity contribution is -0.235. The fraction of sp³-hybridized carbons (Fsp3) is 0.348. The summed E-state index contributed by atoms with van der Waals surface area (Å²) in [5.41, 5.74) is 2.35. The van der Waals surface area contributed by atoms with Gasteiger partial charge in [0.1, 0.15) is 17.9 Å². The standard InChI is InChI=1S/C23H21ClN2O3/c1-23-20-19(12-13-25-23)28-22(27)21(20)26(29-23)14-17-6-4-15(5-7-17)2-3-16-8-10-18(24)11-9-16/h4-11,19-21,25H,12-14H2,1H3. The van der Waals surface area contributed by atoms with Crippen molar-refractivity contribution >= 4 is 17.6 Å². The molecule has 148 valence electrons. The second kappa shape index (κ2) is 7.16. The van der Waals surface area contributed by atoms with Gasteiger partial charge in [0.25, 0.3) is 0 Å². The number of rotatable bonds is 2. The molecule has 3 aliphatic rings. The highest BCUT2D eigenvalue weighted by Gasteiger charge is 2.64. The first-order valence-electron chi connectivity index (χ1n) is 9.80. The van der Waals surface area contributed by atoms with Crippen molar-refractivity contribution in [3.05, 3.63) is 70.2 Å². The molecule has 0 saturated carbocycles. The third-order valence-corrected chi connectivity index (χ3v) is 6.15. The number of piperidine rings is 1. The summed E-state index contributed by atoms with van der Waals surface area (Å²) < 4.78 is 5.61. The summed E-state index contributed by atoms with van der Waals surface area (Å²) in [6.45, 7) is 3.31. The van der Waals surface area contributed by atoms with E-state index in [1.807, 2.05) is 55.5 Å². The van der Waals surface area contributed by atoms with Crippen molar-refractivity contribution in [2.45, 2.75) is 37.8 Å². The number of carbonyl (C=O) groups excluding carboxylic acids is 1. The molecule has 0 bridgehead atoms. The number of ether oxygens (including phenoxy) is 1. The van der Waals surface area contributed by atoms with Crippen LogP contribution in [0.1, 0.15) is 30.0 Å². The van der Waals surface area contributed by atoms with Gasteiger partial charge in [0.15, 0.2) is 0 Å². The van der Waals surface area contributed by atoms with Gasteiger partial charge in [0.05, 0.1) is 12.5 Å². The van der Waals surface area contributed by atoms with Crippen molar-refractivity contribution in [1.82, 2.24) is 10.4 Å². The Hall–Kier alpha value is -2.36. The van der Waals surface area contributed by atoms with E-state index in [1.54, 1.807) is 5.06 Å². The highest BCUT2D eigenvalue weighted by Crippen LogP contribution is 2.46. The van der Waals surface area contributed by atoms with Crippen LogP contribution in [0.15, 0.2) is 48.5 Å². The Kier molecular flexibility index (Phi) is 4.60. The Morgan fingerprint density at radius 1 is 1.14 bits per heavy atom. The van der Waals surface area contributed by atoms with Gasteiger partial charge in [-0.05, 0) is 55.3 Å². The van der Waals surface area contributed by atoms with Crippen LogP contribution in [0.25, 0.3) is 0 Å². The van der Waals surface area contributed by atoms with E-state index < -0.39 is 5.72 Å². The molecule has 5 rings (SSSR count). The van der Waals surface area contributed by atoms with Crippen LogP contribution in [-0.2, 0) is 20.9 Å². The third-order valence-electron chi connectivity index (χ3n) is 5.90. The summed E-state index contributed by atoms with van der Waals surface area (Å²) in [4.78, 5) is 18.6. The normalized spacial score (nSPS) is 30.4. The molecule has 3 heterocycles. The Balaban J connectivity index is 1.30. The minimum absolute atomic E-state index is 0.0215. The molecular formula is C23H21ClN2O3. The number of hydrogen-bond acceptors (Lipinski definition) is 5. The zero-order chi connectivity index (χ0) is 20.0. The molecule has 0 aliphatic carbocycles. The molecule has 2 aromatic carbocycles. The molecule has 0 aromatic heterocycles. The van der Waals surface area contributed by atoms with E-state index in [4.69, 9.17) is 21.2 Å². The highest BCUT2D eigenvalue weighted by atomic mass is 35.5. The minimum atomic E-state index is -0.552. The first-order chi connectivity index (χ1) is 14.0. The maximum Gasteiger partial charge on any atom is 0.326 e. The van der Waals surface area contributed by atoms with Crippen molar-refractivity contribution in [1.29, 1.82) is 0 Å². The van der Waals surface area contributed by atoms with Crippen LogP contribution >= 0.6 is 11.6 Å². The molecule has 0 radical (unpaired) electrons.